The van der Waals surface area contributed by atoms with Gasteiger partial charge in [0.2, 0.25) is 18.6 Å². The van der Waals surface area contributed by atoms with Crippen LogP contribution in [0.15, 0.2) is 60.7 Å². The fraction of sp³-hybridized carbons (Fsp3) is 0.240. The average Bonchev–Trinajstić information content (AvgIpc) is 3.49. The molecule has 2 heterocycles. The summed E-state index contributed by atoms with van der Waals surface area (Å²) < 4.78 is 10.9. The van der Waals surface area contributed by atoms with Gasteiger partial charge in [-0.05, 0) is 48.2 Å². The number of aromatic nitrogens is 1. The quantitative estimate of drug-likeness (QED) is 0.606. The number of pyridine rings is 1. The number of hydrogen-bond acceptors (Lipinski definition) is 5. The molecule has 1 aromatic heterocycles. The molecule has 0 unspecified atom stereocenters. The Morgan fingerprint density at radius 2 is 1.81 bits per heavy atom. The second kappa shape index (κ2) is 8.00. The third kappa shape index (κ3) is 3.89. The number of hydrogen-bond donors (Lipinski definition) is 2. The molecule has 1 fully saturated rings. The van der Waals surface area contributed by atoms with Gasteiger partial charge in [-0.3, -0.25) is 9.59 Å². The molecule has 0 spiro atoms. The van der Waals surface area contributed by atoms with Crippen molar-refractivity contribution in [3.05, 3.63) is 71.8 Å². The van der Waals surface area contributed by atoms with Crippen molar-refractivity contribution >= 4 is 17.6 Å². The van der Waals surface area contributed by atoms with Crippen molar-refractivity contribution in [2.24, 2.45) is 0 Å². The fourth-order valence-electron chi connectivity index (χ4n) is 3.89. The van der Waals surface area contributed by atoms with E-state index in [0.29, 0.717) is 23.9 Å². The summed E-state index contributed by atoms with van der Waals surface area (Å²) in [6, 6.07) is 19.1. The molecule has 1 aliphatic heterocycles. The van der Waals surface area contributed by atoms with Gasteiger partial charge in [-0.1, -0.05) is 36.4 Å². The Bertz CT molecular complexity index is 1200. The van der Waals surface area contributed by atoms with E-state index in [1.54, 1.807) is 6.07 Å². The van der Waals surface area contributed by atoms with E-state index in [4.69, 9.17) is 9.47 Å². The van der Waals surface area contributed by atoms with Gasteiger partial charge < -0.3 is 20.1 Å². The number of ether oxygens (including phenoxy) is 2. The van der Waals surface area contributed by atoms with Crippen LogP contribution in [0.1, 0.15) is 33.7 Å². The van der Waals surface area contributed by atoms with Crippen molar-refractivity contribution in [1.29, 1.82) is 0 Å². The second-order valence-corrected chi connectivity index (χ2v) is 8.12. The molecule has 7 nitrogen and oxygen atoms in total. The van der Waals surface area contributed by atoms with Gasteiger partial charge in [0.1, 0.15) is 5.82 Å². The maximum atomic E-state index is 13.2. The van der Waals surface area contributed by atoms with E-state index < -0.39 is 5.41 Å². The largest absolute Gasteiger partial charge is 0.454 e. The molecule has 166 valence electrons. The summed E-state index contributed by atoms with van der Waals surface area (Å²) in [6.07, 6.45) is 1.57. The molecule has 0 bridgehead atoms. The van der Waals surface area contributed by atoms with E-state index in [2.05, 4.69) is 15.6 Å². The molecular weight excluding hydrogens is 406 g/mol. The molecular formula is C25H27N3O4. The Hall–Kier alpha value is -3.87. The lowest BCUT2D eigenvalue weighted by molar-refractivity contribution is -0.119. The smallest absolute Gasteiger partial charge is 0.236 e. The minimum Gasteiger partial charge on any atom is -0.454 e. The summed E-state index contributed by atoms with van der Waals surface area (Å²) in [4.78, 5) is 28.9. The van der Waals surface area contributed by atoms with Gasteiger partial charge in [0.05, 0.1) is 11.1 Å². The van der Waals surface area contributed by atoms with Crippen LogP contribution in [0.2, 0.25) is 0 Å². The lowest BCUT2D eigenvalue weighted by Gasteiger charge is -2.16. The lowest BCUT2D eigenvalue weighted by Crippen LogP contribution is -2.28. The number of nitrogens with one attached hydrogen (secondary N) is 2. The standard InChI is InChI=1S/C25H23N3O4.2H2/c1-16(29)26-14-17-5-7-18(8-6-17)20-3-2-4-23(27-20)28-24(30)25(11-12-25)19-9-10-21-22(13-19)32-15-31-21;;/h2-10,13H,11-12,14-15H2,1H3,(H,26,29)(H,27,28,30);2*1H. The molecule has 0 atom stereocenters. The first kappa shape index (κ1) is 20.1. The number of carbonyl (C=O) groups excluding carboxylic acids is 2. The van der Waals surface area contributed by atoms with E-state index in [9.17, 15) is 9.59 Å². The first-order chi connectivity index (χ1) is 15.5. The van der Waals surface area contributed by atoms with Gasteiger partial charge in [0.25, 0.3) is 0 Å². The molecule has 5 rings (SSSR count). The molecule has 2 amide bonds. The zero-order valence-corrected chi connectivity index (χ0v) is 17.7. The van der Waals surface area contributed by atoms with Gasteiger partial charge >= 0.3 is 0 Å². The zero-order valence-electron chi connectivity index (χ0n) is 17.7. The Kier molecular flexibility index (Phi) is 5.01. The number of amides is 2. The van der Waals surface area contributed by atoms with Gasteiger partial charge in [-0.25, -0.2) is 4.98 Å². The number of rotatable bonds is 6. The number of fused-ring (bicyclic) bond motifs is 1. The topological polar surface area (TPSA) is 89.6 Å². The molecule has 32 heavy (non-hydrogen) atoms. The van der Waals surface area contributed by atoms with E-state index >= 15 is 0 Å². The maximum Gasteiger partial charge on any atom is 0.236 e. The Labute approximate surface area is 188 Å². The van der Waals surface area contributed by atoms with Crippen LogP contribution in [-0.2, 0) is 21.5 Å². The molecule has 3 aromatic rings. The van der Waals surface area contributed by atoms with Crippen LogP contribution in [0.5, 0.6) is 11.5 Å². The molecule has 1 saturated carbocycles. The maximum absolute atomic E-state index is 13.2. The minimum absolute atomic E-state index is 0. The van der Waals surface area contributed by atoms with E-state index in [-0.39, 0.29) is 21.5 Å². The van der Waals surface area contributed by atoms with Crippen molar-refractivity contribution < 1.29 is 21.9 Å². The average molecular weight is 434 g/mol. The Morgan fingerprint density at radius 3 is 2.56 bits per heavy atom. The van der Waals surface area contributed by atoms with Crippen LogP contribution in [-0.4, -0.2) is 23.6 Å². The third-order valence-corrected chi connectivity index (χ3v) is 5.89. The molecule has 2 aromatic carbocycles. The summed E-state index contributed by atoms with van der Waals surface area (Å²) in [5.41, 5.74) is 3.09. The van der Waals surface area contributed by atoms with E-state index in [1.807, 2.05) is 54.6 Å². The summed E-state index contributed by atoms with van der Waals surface area (Å²) in [5.74, 6) is 1.79. The van der Waals surface area contributed by atoms with E-state index in [1.165, 1.54) is 6.92 Å². The summed E-state index contributed by atoms with van der Waals surface area (Å²) in [5, 5.41) is 5.78. The predicted molar refractivity (Wildman–Crippen MR) is 124 cm³/mol. The first-order valence-electron chi connectivity index (χ1n) is 10.6. The second-order valence-electron chi connectivity index (χ2n) is 8.12. The fourth-order valence-corrected chi connectivity index (χ4v) is 3.89. The van der Waals surface area contributed by atoms with Gasteiger partial charge in [0, 0.05) is 21.9 Å². The van der Waals surface area contributed by atoms with Crippen molar-refractivity contribution in [2.45, 2.75) is 31.7 Å². The van der Waals surface area contributed by atoms with Crippen molar-refractivity contribution in [2.75, 3.05) is 12.1 Å². The van der Waals surface area contributed by atoms with Gasteiger partial charge in [-0.2, -0.15) is 0 Å². The highest BCUT2D eigenvalue weighted by Crippen LogP contribution is 2.51. The summed E-state index contributed by atoms with van der Waals surface area (Å²) in [7, 11) is 0. The monoisotopic (exact) mass is 433 g/mol. The third-order valence-electron chi connectivity index (χ3n) is 5.89. The number of anilines is 1. The van der Waals surface area contributed by atoms with Gasteiger partial charge in [-0.15, -0.1) is 0 Å². The molecule has 2 aliphatic rings. The Balaban J connectivity index is 0.00000162. The van der Waals surface area contributed by atoms with Crippen LogP contribution < -0.4 is 20.1 Å². The van der Waals surface area contributed by atoms with Crippen molar-refractivity contribution in [1.82, 2.24) is 10.3 Å². The Morgan fingerprint density at radius 1 is 1.03 bits per heavy atom. The highest BCUT2D eigenvalue weighted by Gasteiger charge is 2.51. The lowest BCUT2D eigenvalue weighted by atomic mass is 9.94. The minimum atomic E-state index is -0.552. The molecule has 7 heteroatoms. The molecule has 0 saturated heterocycles. The molecule has 1 aliphatic carbocycles. The van der Waals surface area contributed by atoms with Crippen LogP contribution in [0.3, 0.4) is 0 Å². The summed E-state index contributed by atoms with van der Waals surface area (Å²) in [6.45, 7) is 2.19. The van der Waals surface area contributed by atoms with Crippen molar-refractivity contribution in [3.8, 4) is 22.8 Å². The van der Waals surface area contributed by atoms with Crippen LogP contribution in [0.4, 0.5) is 5.82 Å². The summed E-state index contributed by atoms with van der Waals surface area (Å²) >= 11 is 0. The molecule has 2 N–H and O–H groups in total. The number of nitrogens with zero attached hydrogens (tertiary/aromatic N) is 1. The van der Waals surface area contributed by atoms with Gasteiger partial charge in [0.15, 0.2) is 11.5 Å². The number of carbonyl (C=O) groups is 2. The SMILES string of the molecule is CC(=O)NCc1ccc(-c2cccc(NC(=O)C3(c4ccc5c(c4)OCO5)CC3)n2)cc1.[HH].[HH]. The highest BCUT2D eigenvalue weighted by atomic mass is 16.7. The normalized spacial score (nSPS) is 15.2. The molecule has 0 radical (unpaired) electrons. The predicted octanol–water partition coefficient (Wildman–Crippen LogP) is 4.28. The van der Waals surface area contributed by atoms with Crippen LogP contribution in [0, 0.1) is 0 Å². The highest BCUT2D eigenvalue weighted by molar-refractivity contribution is 6.01. The zero-order chi connectivity index (χ0) is 22.1. The van der Waals surface area contributed by atoms with Crippen molar-refractivity contribution in [3.63, 3.8) is 0 Å². The van der Waals surface area contributed by atoms with E-state index in [0.717, 1.165) is 35.2 Å². The first-order valence-corrected chi connectivity index (χ1v) is 10.6. The van der Waals surface area contributed by atoms with Crippen LogP contribution in [0.25, 0.3) is 11.3 Å². The number of benzene rings is 2. The van der Waals surface area contributed by atoms with Crippen LogP contribution >= 0.6 is 0 Å².